The van der Waals surface area contributed by atoms with Gasteiger partial charge in [0, 0.05) is 33.1 Å². The number of furan rings is 1. The normalized spacial score (nSPS) is 11.7. The number of nitrogens with zero attached hydrogens (tertiary/aromatic N) is 2. The van der Waals surface area contributed by atoms with Crippen LogP contribution in [0, 0.1) is 0 Å². The van der Waals surface area contributed by atoms with Crippen LogP contribution in [0.15, 0.2) is 247 Å². The van der Waals surface area contributed by atoms with E-state index in [1.807, 2.05) is 6.07 Å². The van der Waals surface area contributed by atoms with Gasteiger partial charge < -0.3 is 13.9 Å². The Morgan fingerprint density at radius 1 is 0.308 bits per heavy atom. The van der Waals surface area contributed by atoms with E-state index in [1.54, 1.807) is 0 Å². The van der Waals surface area contributed by atoms with Gasteiger partial charge in [-0.25, -0.2) is 0 Å². The van der Waals surface area contributed by atoms with E-state index in [0.717, 1.165) is 66.8 Å². The van der Waals surface area contributed by atoms with Crippen molar-refractivity contribution in [1.82, 2.24) is 4.57 Å². The Morgan fingerprint density at radius 3 is 1.48 bits per heavy atom. The third-order valence-electron chi connectivity index (χ3n) is 13.2. The van der Waals surface area contributed by atoms with Crippen molar-refractivity contribution in [3.05, 3.63) is 243 Å². The Kier molecular flexibility index (Phi) is 8.53. The molecule has 0 aliphatic rings. The first-order chi connectivity index (χ1) is 32.3. The topological polar surface area (TPSA) is 21.3 Å². The van der Waals surface area contributed by atoms with Crippen LogP contribution in [0.1, 0.15) is 0 Å². The maximum Gasteiger partial charge on any atom is 0.137 e. The number of hydrogen-bond acceptors (Lipinski definition) is 2. The zero-order valence-corrected chi connectivity index (χ0v) is 35.4. The Morgan fingerprint density at radius 2 is 0.815 bits per heavy atom. The summed E-state index contributed by atoms with van der Waals surface area (Å²) in [6, 6.07) is 87.7. The average molecular weight is 829 g/mol. The van der Waals surface area contributed by atoms with Crippen LogP contribution in [-0.4, -0.2) is 4.57 Å². The lowest BCUT2D eigenvalue weighted by atomic mass is 9.97. The molecule has 65 heavy (non-hydrogen) atoms. The fourth-order valence-electron chi connectivity index (χ4n) is 10.3. The highest BCUT2D eigenvalue weighted by atomic mass is 16.3. The van der Waals surface area contributed by atoms with E-state index in [0.29, 0.717) is 0 Å². The molecule has 0 aliphatic heterocycles. The minimum Gasteiger partial charge on any atom is -0.456 e. The van der Waals surface area contributed by atoms with E-state index >= 15 is 0 Å². The summed E-state index contributed by atoms with van der Waals surface area (Å²) in [5.74, 6) is 0. The second kappa shape index (κ2) is 15.0. The zero-order chi connectivity index (χ0) is 42.8. The van der Waals surface area contributed by atoms with E-state index in [9.17, 15) is 0 Å². The molecule has 13 aromatic rings. The molecule has 0 atom stereocenters. The minimum atomic E-state index is 0.863. The molecule has 0 spiro atoms. The summed E-state index contributed by atoms with van der Waals surface area (Å²) in [6.07, 6.45) is 0. The van der Waals surface area contributed by atoms with Gasteiger partial charge in [0.15, 0.2) is 0 Å². The number of hydrogen-bond donors (Lipinski definition) is 0. The SMILES string of the molecule is c1ccc(-c2ccc3oc4ccccc4c3c2-n2c3ccccc3c3c(N(c4ccc(-c5cccc6ccccc56)cc4)c4ccc(-c5cccc6ccccc56)cc4)cccc32)cc1. The highest BCUT2D eigenvalue weighted by Gasteiger charge is 2.25. The predicted octanol–water partition coefficient (Wildman–Crippen LogP) is 17.5. The van der Waals surface area contributed by atoms with Gasteiger partial charge in [-0.1, -0.05) is 182 Å². The van der Waals surface area contributed by atoms with Crippen LogP contribution in [0.5, 0.6) is 0 Å². The lowest BCUT2D eigenvalue weighted by molar-refractivity contribution is 0.669. The van der Waals surface area contributed by atoms with E-state index in [-0.39, 0.29) is 0 Å². The largest absolute Gasteiger partial charge is 0.456 e. The lowest BCUT2D eigenvalue weighted by Crippen LogP contribution is -2.10. The third-order valence-corrected chi connectivity index (χ3v) is 13.2. The van der Waals surface area contributed by atoms with Gasteiger partial charge in [0.1, 0.15) is 11.2 Å². The summed E-state index contributed by atoms with van der Waals surface area (Å²) in [5.41, 5.74) is 15.4. The molecular formula is C62H40N2O. The number of rotatable bonds is 7. The van der Waals surface area contributed by atoms with Crippen molar-refractivity contribution >= 4 is 82.4 Å². The molecule has 0 aliphatic carbocycles. The van der Waals surface area contributed by atoms with Crippen molar-refractivity contribution in [2.45, 2.75) is 0 Å². The molecule has 0 bridgehead atoms. The van der Waals surface area contributed by atoms with Crippen LogP contribution in [0.3, 0.4) is 0 Å². The standard InChI is InChI=1S/C62H40N2O/c1-2-15-43(16-3-1)52-39-40-59-61(54-24-9-11-30-58(54)65-59)62(52)64-55-27-10-8-23-53(55)60-56(28-14-29-57(60)64)63(46-35-31-44(32-36-46)50-25-12-19-41-17-4-6-21-48(41)50)47-37-33-45(34-38-47)51-26-13-20-42-18-5-7-22-49(42)51/h1-40H. The predicted molar refractivity (Wildman–Crippen MR) is 274 cm³/mol. The van der Waals surface area contributed by atoms with Crippen molar-refractivity contribution in [2.24, 2.45) is 0 Å². The van der Waals surface area contributed by atoms with Crippen LogP contribution >= 0.6 is 0 Å². The molecule has 2 heterocycles. The summed E-state index contributed by atoms with van der Waals surface area (Å²) in [6.45, 7) is 0. The first kappa shape index (κ1) is 36.9. The molecule has 0 unspecified atom stereocenters. The van der Waals surface area contributed by atoms with E-state index in [4.69, 9.17) is 4.42 Å². The number of benzene rings is 11. The van der Waals surface area contributed by atoms with E-state index in [1.165, 1.54) is 54.6 Å². The monoisotopic (exact) mass is 828 g/mol. The van der Waals surface area contributed by atoms with Gasteiger partial charge in [0.05, 0.1) is 27.8 Å². The summed E-state index contributed by atoms with van der Waals surface area (Å²) < 4.78 is 9.07. The maximum atomic E-state index is 6.59. The molecule has 3 nitrogen and oxygen atoms in total. The number of fused-ring (bicyclic) bond motifs is 8. The van der Waals surface area contributed by atoms with Gasteiger partial charge in [0.25, 0.3) is 0 Å². The molecule has 13 rings (SSSR count). The van der Waals surface area contributed by atoms with Crippen molar-refractivity contribution in [1.29, 1.82) is 0 Å². The quantitative estimate of drug-likeness (QED) is 0.160. The lowest BCUT2D eigenvalue weighted by Gasteiger charge is -2.27. The van der Waals surface area contributed by atoms with Crippen molar-refractivity contribution in [3.63, 3.8) is 0 Å². The van der Waals surface area contributed by atoms with Gasteiger partial charge in [-0.2, -0.15) is 0 Å². The fraction of sp³-hybridized carbons (Fsp3) is 0. The number of aromatic nitrogens is 1. The Balaban J connectivity index is 1.06. The summed E-state index contributed by atoms with van der Waals surface area (Å²) in [5, 5.41) is 9.50. The molecule has 0 amide bonds. The molecule has 2 aromatic heterocycles. The minimum absolute atomic E-state index is 0.863. The number of anilines is 3. The third kappa shape index (κ3) is 5.97. The smallest absolute Gasteiger partial charge is 0.137 e. The van der Waals surface area contributed by atoms with E-state index in [2.05, 4.69) is 246 Å². The Hall–Kier alpha value is -8.66. The zero-order valence-electron chi connectivity index (χ0n) is 35.4. The molecule has 0 N–H and O–H groups in total. The first-order valence-electron chi connectivity index (χ1n) is 22.3. The molecular weight excluding hydrogens is 789 g/mol. The number of para-hydroxylation sites is 2. The summed E-state index contributed by atoms with van der Waals surface area (Å²) in [4.78, 5) is 2.44. The highest BCUT2D eigenvalue weighted by Crippen LogP contribution is 2.48. The Labute approximate surface area is 376 Å². The molecule has 3 heteroatoms. The summed E-state index contributed by atoms with van der Waals surface area (Å²) in [7, 11) is 0. The highest BCUT2D eigenvalue weighted by molar-refractivity contribution is 6.20. The van der Waals surface area contributed by atoms with Gasteiger partial charge >= 0.3 is 0 Å². The molecule has 11 aromatic carbocycles. The van der Waals surface area contributed by atoms with Crippen LogP contribution in [0.4, 0.5) is 17.1 Å². The molecule has 0 saturated carbocycles. The average Bonchev–Trinajstić information content (AvgIpc) is 3.93. The van der Waals surface area contributed by atoms with Gasteiger partial charge in [-0.05, 0) is 110 Å². The van der Waals surface area contributed by atoms with Gasteiger partial charge in [-0.15, -0.1) is 0 Å². The Bertz CT molecular complexity index is 3800. The molecule has 0 saturated heterocycles. The maximum absolute atomic E-state index is 6.59. The molecule has 304 valence electrons. The molecule has 0 radical (unpaired) electrons. The van der Waals surface area contributed by atoms with Crippen LogP contribution in [0.25, 0.3) is 104 Å². The van der Waals surface area contributed by atoms with Crippen molar-refractivity contribution < 1.29 is 4.42 Å². The van der Waals surface area contributed by atoms with Gasteiger partial charge in [0.2, 0.25) is 0 Å². The summed E-state index contributed by atoms with van der Waals surface area (Å²) >= 11 is 0. The second-order valence-corrected chi connectivity index (χ2v) is 16.8. The van der Waals surface area contributed by atoms with Gasteiger partial charge in [-0.3, -0.25) is 0 Å². The van der Waals surface area contributed by atoms with Crippen LogP contribution in [-0.2, 0) is 0 Å². The molecule has 0 fully saturated rings. The van der Waals surface area contributed by atoms with Crippen LogP contribution < -0.4 is 4.90 Å². The fourth-order valence-corrected chi connectivity index (χ4v) is 10.3. The second-order valence-electron chi connectivity index (χ2n) is 16.8. The van der Waals surface area contributed by atoms with Crippen LogP contribution in [0.2, 0.25) is 0 Å². The van der Waals surface area contributed by atoms with E-state index < -0.39 is 0 Å². The van der Waals surface area contributed by atoms with Crippen molar-refractivity contribution in [3.8, 4) is 39.1 Å². The van der Waals surface area contributed by atoms with Crippen molar-refractivity contribution in [2.75, 3.05) is 4.90 Å². The first-order valence-corrected chi connectivity index (χ1v) is 22.3.